The average Bonchev–Trinajstić information content (AvgIpc) is 2.82. The lowest BCUT2D eigenvalue weighted by atomic mass is 9.92. The van der Waals surface area contributed by atoms with Crippen LogP contribution in [0.3, 0.4) is 0 Å². The van der Waals surface area contributed by atoms with Crippen LogP contribution >= 0.6 is 11.8 Å². The van der Waals surface area contributed by atoms with E-state index in [0.717, 1.165) is 11.8 Å². The van der Waals surface area contributed by atoms with Crippen molar-refractivity contribution in [2.45, 2.75) is 103 Å². The number of hydrogen-bond donors (Lipinski definition) is 11. The molecule has 0 bridgehead atoms. The molecule has 14 nitrogen and oxygen atoms in total. The van der Waals surface area contributed by atoms with E-state index < -0.39 is 103 Å². The molecule has 3 heterocycles. The Morgan fingerprint density at radius 1 is 0.559 bits per heavy atom. The molecule has 200 valence electrons. The molecule has 0 aromatic heterocycles. The predicted molar refractivity (Wildman–Crippen MR) is 111 cm³/mol. The van der Waals surface area contributed by atoms with Gasteiger partial charge in [-0.25, -0.2) is 0 Å². The van der Waals surface area contributed by atoms with Gasteiger partial charge < -0.3 is 70.4 Å². The summed E-state index contributed by atoms with van der Waals surface area (Å²) in [6.45, 7) is -1.15. The summed E-state index contributed by atoms with van der Waals surface area (Å²) in [5.74, 6) is 0. The summed E-state index contributed by atoms with van der Waals surface area (Å²) in [7, 11) is 0. The molecule has 15 atom stereocenters. The molecule has 3 saturated heterocycles. The molecule has 3 aliphatic heterocycles. The molecule has 3 rings (SSSR count). The predicted octanol–water partition coefficient (Wildman–Crippen LogP) is -6.05. The maximum absolute atomic E-state index is 10.7. The fourth-order valence-corrected chi connectivity index (χ4v) is 5.85. The Morgan fingerprint density at radius 3 is 1.79 bits per heavy atom. The Balaban J connectivity index is 1.65. The van der Waals surface area contributed by atoms with E-state index in [1.54, 1.807) is 0 Å². The van der Waals surface area contributed by atoms with Crippen LogP contribution in [0.25, 0.3) is 0 Å². The van der Waals surface area contributed by atoms with E-state index in [9.17, 15) is 56.2 Å². The van der Waals surface area contributed by atoms with Gasteiger partial charge in [0.2, 0.25) is 0 Å². The Bertz CT molecular complexity index is 642. The van der Waals surface area contributed by atoms with Gasteiger partial charge in [0.1, 0.15) is 48.8 Å². The van der Waals surface area contributed by atoms with Gasteiger partial charge in [-0.2, -0.15) is 0 Å². The van der Waals surface area contributed by atoms with Crippen LogP contribution in [-0.4, -0.2) is 160 Å². The van der Waals surface area contributed by atoms with Gasteiger partial charge >= 0.3 is 0 Å². The third-order valence-corrected chi connectivity index (χ3v) is 8.17. The second kappa shape index (κ2) is 11.9. The number of aliphatic hydroxyl groups excluding tert-OH is 11. The number of rotatable bonds is 7. The second-order valence-corrected chi connectivity index (χ2v) is 10.3. The van der Waals surface area contributed by atoms with E-state index in [1.165, 1.54) is 0 Å². The maximum Gasteiger partial charge on any atom is 0.187 e. The Labute approximate surface area is 198 Å². The summed E-state index contributed by atoms with van der Waals surface area (Å²) >= 11 is 1.06. The first-order valence-electron chi connectivity index (χ1n) is 11.0. The van der Waals surface area contributed by atoms with Crippen LogP contribution in [0, 0.1) is 0 Å². The zero-order chi connectivity index (χ0) is 25.3. The third kappa shape index (κ3) is 5.69. The molecule has 0 spiro atoms. The van der Waals surface area contributed by atoms with Gasteiger partial charge in [-0.1, -0.05) is 0 Å². The minimum absolute atomic E-state index is 0.00478. The quantitative estimate of drug-likeness (QED) is 0.150. The lowest BCUT2D eigenvalue weighted by molar-refractivity contribution is -0.354. The molecule has 11 N–H and O–H groups in total. The molecule has 0 aromatic carbocycles. The fraction of sp³-hybridized carbons (Fsp3) is 1.00. The van der Waals surface area contributed by atoms with Gasteiger partial charge in [0, 0.05) is 5.25 Å². The van der Waals surface area contributed by atoms with E-state index in [2.05, 4.69) is 0 Å². The second-order valence-electron chi connectivity index (χ2n) is 8.79. The van der Waals surface area contributed by atoms with Crippen LogP contribution in [0.5, 0.6) is 0 Å². The minimum atomic E-state index is -1.81. The topological polar surface area (TPSA) is 250 Å². The smallest absolute Gasteiger partial charge is 0.187 e. The van der Waals surface area contributed by atoms with Crippen LogP contribution in [0.2, 0.25) is 0 Å². The van der Waals surface area contributed by atoms with Crippen molar-refractivity contribution in [3.05, 3.63) is 0 Å². The third-order valence-electron chi connectivity index (χ3n) is 6.53. The van der Waals surface area contributed by atoms with Gasteiger partial charge in [-0.3, -0.25) is 0 Å². The molecule has 0 amide bonds. The average molecular weight is 519 g/mol. The molecule has 0 radical (unpaired) electrons. The van der Waals surface area contributed by atoms with Crippen molar-refractivity contribution in [3.63, 3.8) is 0 Å². The monoisotopic (exact) mass is 518 g/mol. The lowest BCUT2D eigenvalue weighted by Gasteiger charge is -2.46. The molecule has 0 unspecified atom stereocenters. The number of thioether (sulfide) groups is 1. The largest absolute Gasteiger partial charge is 0.395 e. The first-order chi connectivity index (χ1) is 16.0. The van der Waals surface area contributed by atoms with Crippen molar-refractivity contribution in [3.8, 4) is 0 Å². The fourth-order valence-electron chi connectivity index (χ4n) is 4.40. The summed E-state index contributed by atoms with van der Waals surface area (Å²) in [4.78, 5) is 0. The van der Waals surface area contributed by atoms with E-state index in [1.807, 2.05) is 0 Å². The summed E-state index contributed by atoms with van der Waals surface area (Å²) < 4.78 is 15.9. The summed E-state index contributed by atoms with van der Waals surface area (Å²) in [6, 6.07) is 0. The maximum atomic E-state index is 10.7. The summed E-state index contributed by atoms with van der Waals surface area (Å²) in [5.41, 5.74) is 0. The van der Waals surface area contributed by atoms with Gasteiger partial charge in [0.05, 0.1) is 36.8 Å². The van der Waals surface area contributed by atoms with Crippen molar-refractivity contribution in [2.24, 2.45) is 0 Å². The van der Waals surface area contributed by atoms with Gasteiger partial charge in [0.15, 0.2) is 12.6 Å². The van der Waals surface area contributed by atoms with Crippen LogP contribution < -0.4 is 0 Å². The Kier molecular flexibility index (Phi) is 9.92. The lowest BCUT2D eigenvalue weighted by Crippen LogP contribution is -2.64. The molecule has 3 aliphatic rings. The normalized spacial score (nSPS) is 52.5. The van der Waals surface area contributed by atoms with E-state index in [-0.39, 0.29) is 12.8 Å². The zero-order valence-corrected chi connectivity index (χ0v) is 18.9. The molecular weight excluding hydrogens is 484 g/mol. The van der Waals surface area contributed by atoms with E-state index in [4.69, 9.17) is 14.2 Å². The van der Waals surface area contributed by atoms with Crippen LogP contribution in [0.4, 0.5) is 0 Å². The molecule has 34 heavy (non-hydrogen) atoms. The number of ether oxygens (including phenoxy) is 3. The highest BCUT2D eigenvalue weighted by atomic mass is 32.2. The minimum Gasteiger partial charge on any atom is -0.395 e. The van der Waals surface area contributed by atoms with Crippen molar-refractivity contribution in [2.75, 3.05) is 13.2 Å². The molecule has 15 heteroatoms. The standard InChI is InChI=1S/C19H34O14S/c20-3-6-9(22)13(26)15(28)19(32-6)33-17-10(23)5(31-18(30)16(17)29)1-2-7-11(24)14(27)12(25)8(4-21)34-7/h5-30H,1-4H2/t5-,6-,7-,8-,9-,10-,11-,12-,13+,14-,15+,16+,17+,18+,19-/m1/s1. The molecule has 0 saturated carbocycles. The summed E-state index contributed by atoms with van der Waals surface area (Å²) in [6.07, 6.45) is -20.1. The van der Waals surface area contributed by atoms with E-state index >= 15 is 0 Å². The zero-order valence-electron chi connectivity index (χ0n) is 18.0. The van der Waals surface area contributed by atoms with Gasteiger partial charge in [0.25, 0.3) is 0 Å². The highest BCUT2D eigenvalue weighted by Crippen LogP contribution is 2.37. The molecule has 0 aromatic rings. The van der Waals surface area contributed by atoms with E-state index in [0.29, 0.717) is 0 Å². The van der Waals surface area contributed by atoms with Gasteiger partial charge in [-0.05, 0) is 12.8 Å². The summed E-state index contributed by atoms with van der Waals surface area (Å²) in [5, 5.41) is 109. The first kappa shape index (κ1) is 28.4. The van der Waals surface area contributed by atoms with Crippen molar-refractivity contribution in [1.82, 2.24) is 0 Å². The molecule has 3 fully saturated rings. The van der Waals surface area contributed by atoms with Crippen molar-refractivity contribution in [1.29, 1.82) is 0 Å². The van der Waals surface area contributed by atoms with Crippen molar-refractivity contribution < 1.29 is 70.4 Å². The van der Waals surface area contributed by atoms with Crippen LogP contribution in [0.1, 0.15) is 12.8 Å². The Hall–Kier alpha value is -0.210. The Morgan fingerprint density at radius 2 is 1.18 bits per heavy atom. The molecule has 0 aliphatic carbocycles. The van der Waals surface area contributed by atoms with Crippen LogP contribution in [-0.2, 0) is 14.2 Å². The SMILES string of the molecule is OC[C@H]1O[C@H](O[C@@H]2[C@H](O)[C@@H](O)O[C@H](CC[C@H]3S[C@H](CO)[C@@H](O)[C@H](O)[C@@H]3O)[C@H]2O)[C@@H](O)[C@@H](O)[C@@H]1O. The first-order valence-corrected chi connectivity index (χ1v) is 11.9. The molecular formula is C19H34O14S. The number of aliphatic hydroxyl groups is 11. The highest BCUT2D eigenvalue weighted by Gasteiger charge is 2.51. The van der Waals surface area contributed by atoms with Crippen LogP contribution in [0.15, 0.2) is 0 Å². The highest BCUT2D eigenvalue weighted by molar-refractivity contribution is 8.00. The van der Waals surface area contributed by atoms with Gasteiger partial charge in [-0.15, -0.1) is 11.8 Å². The van der Waals surface area contributed by atoms with Crippen molar-refractivity contribution >= 4 is 11.8 Å². The number of hydrogen-bond acceptors (Lipinski definition) is 15.